The fraction of sp³-hybridized carbons (Fsp3) is 0.214. The minimum atomic E-state index is -4.75. The second-order valence-electron chi connectivity index (χ2n) is 4.84. The highest BCUT2D eigenvalue weighted by atomic mass is 19.4. The molecule has 5 nitrogen and oxygen atoms in total. The molecule has 1 saturated heterocycles. The molecule has 2 aromatic heterocycles. The van der Waals surface area contributed by atoms with Crippen LogP contribution in [0.15, 0.2) is 30.6 Å². The molecule has 3 heterocycles. The molecule has 2 amide bonds. The van der Waals surface area contributed by atoms with Crippen molar-refractivity contribution in [1.29, 1.82) is 0 Å². The number of hydrogen-bond donors (Lipinski definition) is 1. The van der Waals surface area contributed by atoms with Crippen molar-refractivity contribution in [2.45, 2.75) is 6.18 Å². The van der Waals surface area contributed by atoms with Gasteiger partial charge < -0.3 is 5.32 Å². The van der Waals surface area contributed by atoms with Crippen LogP contribution in [0.1, 0.15) is 5.69 Å². The van der Waals surface area contributed by atoms with Crippen molar-refractivity contribution in [1.82, 2.24) is 15.3 Å². The van der Waals surface area contributed by atoms with Gasteiger partial charge in [-0.05, 0) is 18.2 Å². The van der Waals surface area contributed by atoms with Gasteiger partial charge in [0.25, 0.3) is 0 Å². The summed E-state index contributed by atoms with van der Waals surface area (Å²) < 4.78 is 53.1. The monoisotopic (exact) mass is 326 g/mol. The van der Waals surface area contributed by atoms with Gasteiger partial charge in [-0.25, -0.2) is 14.2 Å². The lowest BCUT2D eigenvalue weighted by Gasteiger charge is -2.20. The Labute approximate surface area is 128 Å². The molecule has 1 aliphatic heterocycles. The predicted molar refractivity (Wildman–Crippen MR) is 73.2 cm³/mol. The summed E-state index contributed by atoms with van der Waals surface area (Å²) in [5, 5.41) is 2.43. The van der Waals surface area contributed by atoms with Crippen molar-refractivity contribution in [3.8, 4) is 11.3 Å². The number of aromatic nitrogens is 2. The molecule has 0 atom stereocenters. The summed E-state index contributed by atoms with van der Waals surface area (Å²) in [6.07, 6.45) is -2.60. The summed E-state index contributed by atoms with van der Waals surface area (Å²) in [6, 6.07) is 2.88. The van der Waals surface area contributed by atoms with E-state index in [0.717, 1.165) is 23.2 Å². The maximum absolute atomic E-state index is 13.3. The van der Waals surface area contributed by atoms with Crippen molar-refractivity contribution >= 4 is 11.7 Å². The second kappa shape index (κ2) is 5.49. The second-order valence-corrected chi connectivity index (χ2v) is 4.84. The van der Waals surface area contributed by atoms with E-state index in [-0.39, 0.29) is 30.0 Å². The number of carbonyl (C=O) groups excluding carboxylic acids is 1. The van der Waals surface area contributed by atoms with Gasteiger partial charge in [0.2, 0.25) is 0 Å². The molecular weight excluding hydrogens is 316 g/mol. The number of amides is 2. The third-order valence-electron chi connectivity index (χ3n) is 3.29. The summed E-state index contributed by atoms with van der Waals surface area (Å²) in [7, 11) is 0. The highest BCUT2D eigenvalue weighted by Gasteiger charge is 2.39. The van der Waals surface area contributed by atoms with Crippen LogP contribution in [-0.2, 0) is 6.18 Å². The molecule has 0 saturated carbocycles. The number of hydrogen-bond acceptors (Lipinski definition) is 3. The number of carbonyl (C=O) groups is 1. The fourth-order valence-corrected chi connectivity index (χ4v) is 2.29. The Kier molecular flexibility index (Phi) is 3.63. The van der Waals surface area contributed by atoms with E-state index in [1.165, 1.54) is 12.3 Å². The van der Waals surface area contributed by atoms with E-state index >= 15 is 0 Å². The average molecular weight is 326 g/mol. The van der Waals surface area contributed by atoms with Crippen LogP contribution in [0.25, 0.3) is 11.3 Å². The number of rotatable bonds is 2. The molecule has 0 aromatic carbocycles. The zero-order valence-corrected chi connectivity index (χ0v) is 11.6. The Bertz CT molecular complexity index is 763. The van der Waals surface area contributed by atoms with Gasteiger partial charge in [0.15, 0.2) is 5.69 Å². The third kappa shape index (κ3) is 2.94. The highest BCUT2D eigenvalue weighted by molar-refractivity contribution is 5.94. The van der Waals surface area contributed by atoms with E-state index in [2.05, 4.69) is 15.3 Å². The van der Waals surface area contributed by atoms with Gasteiger partial charge in [-0.1, -0.05) is 0 Å². The van der Waals surface area contributed by atoms with Crippen molar-refractivity contribution in [3.05, 3.63) is 42.1 Å². The molecule has 0 unspecified atom stereocenters. The van der Waals surface area contributed by atoms with Crippen molar-refractivity contribution < 1.29 is 22.4 Å². The first-order valence-electron chi connectivity index (χ1n) is 6.61. The molecule has 0 spiro atoms. The summed E-state index contributed by atoms with van der Waals surface area (Å²) in [6.45, 7) is 0.371. The van der Waals surface area contributed by atoms with E-state index in [0.29, 0.717) is 0 Å². The zero-order valence-electron chi connectivity index (χ0n) is 11.6. The van der Waals surface area contributed by atoms with E-state index in [9.17, 15) is 22.4 Å². The third-order valence-corrected chi connectivity index (χ3v) is 3.29. The first-order valence-corrected chi connectivity index (χ1v) is 6.61. The largest absolute Gasteiger partial charge is 0.435 e. The standard InChI is InChI=1S/C14H10F4N4O/c15-9-5-8(6-19-7-9)10-1-2-11(12(21-10)14(16,17)18)22-4-3-20-13(22)23/h1-2,5-7H,3-4H2,(H,20,23). The number of pyridine rings is 2. The predicted octanol–water partition coefficient (Wildman–Crippen LogP) is 2.83. The molecule has 120 valence electrons. The number of anilines is 1. The van der Waals surface area contributed by atoms with Crippen LogP contribution in [0.2, 0.25) is 0 Å². The number of nitrogens with zero attached hydrogens (tertiary/aromatic N) is 3. The van der Waals surface area contributed by atoms with Crippen LogP contribution in [0, 0.1) is 5.82 Å². The van der Waals surface area contributed by atoms with E-state index in [4.69, 9.17) is 0 Å². The maximum atomic E-state index is 13.3. The highest BCUT2D eigenvalue weighted by Crippen LogP contribution is 2.37. The first kappa shape index (κ1) is 15.2. The van der Waals surface area contributed by atoms with Crippen LogP contribution < -0.4 is 10.2 Å². The molecule has 0 aliphatic carbocycles. The molecule has 1 N–H and O–H groups in total. The van der Waals surface area contributed by atoms with Crippen LogP contribution in [-0.4, -0.2) is 29.1 Å². The molecule has 23 heavy (non-hydrogen) atoms. The van der Waals surface area contributed by atoms with Crippen LogP contribution >= 0.6 is 0 Å². The topological polar surface area (TPSA) is 58.1 Å². The van der Waals surface area contributed by atoms with Crippen molar-refractivity contribution in [3.63, 3.8) is 0 Å². The normalized spacial score (nSPS) is 15.0. The summed E-state index contributed by atoms with van der Waals surface area (Å²) >= 11 is 0. The van der Waals surface area contributed by atoms with Gasteiger partial charge in [-0.15, -0.1) is 0 Å². The first-order chi connectivity index (χ1) is 10.9. The van der Waals surface area contributed by atoms with Crippen LogP contribution in [0.5, 0.6) is 0 Å². The maximum Gasteiger partial charge on any atom is 0.435 e. The molecule has 1 fully saturated rings. The minimum absolute atomic E-state index is 0.0762. The number of urea groups is 1. The fourth-order valence-electron chi connectivity index (χ4n) is 2.29. The number of nitrogens with one attached hydrogen (secondary N) is 1. The Morgan fingerprint density at radius 1 is 1.22 bits per heavy atom. The lowest BCUT2D eigenvalue weighted by atomic mass is 10.1. The van der Waals surface area contributed by atoms with Crippen LogP contribution in [0.3, 0.4) is 0 Å². The van der Waals surface area contributed by atoms with Crippen LogP contribution in [0.4, 0.5) is 28.0 Å². The summed E-state index contributed by atoms with van der Waals surface area (Å²) in [5.74, 6) is -0.680. The lowest BCUT2D eigenvalue weighted by molar-refractivity contribution is -0.140. The molecule has 0 radical (unpaired) electrons. The number of alkyl halides is 3. The van der Waals surface area contributed by atoms with E-state index < -0.39 is 23.7 Å². The molecule has 3 rings (SSSR count). The van der Waals surface area contributed by atoms with E-state index in [1.807, 2.05) is 0 Å². The molecule has 2 aromatic rings. The Morgan fingerprint density at radius 3 is 2.61 bits per heavy atom. The summed E-state index contributed by atoms with van der Waals surface area (Å²) in [4.78, 5) is 19.8. The molecular formula is C14H10F4N4O. The van der Waals surface area contributed by atoms with Crippen molar-refractivity contribution in [2.75, 3.05) is 18.0 Å². The quantitative estimate of drug-likeness (QED) is 0.864. The Morgan fingerprint density at radius 2 is 2.00 bits per heavy atom. The smallest absolute Gasteiger partial charge is 0.336 e. The van der Waals surface area contributed by atoms with E-state index in [1.54, 1.807) is 0 Å². The van der Waals surface area contributed by atoms with Gasteiger partial charge in [-0.3, -0.25) is 9.88 Å². The molecule has 0 bridgehead atoms. The molecule has 1 aliphatic rings. The van der Waals surface area contributed by atoms with Crippen molar-refractivity contribution in [2.24, 2.45) is 0 Å². The summed E-state index contributed by atoms with van der Waals surface area (Å²) in [5.41, 5.74) is -1.49. The number of halogens is 4. The SMILES string of the molecule is O=C1NCCN1c1ccc(-c2cncc(F)c2)nc1C(F)(F)F. The van der Waals surface area contributed by atoms with Gasteiger partial charge in [0.05, 0.1) is 17.6 Å². The zero-order chi connectivity index (χ0) is 16.6. The lowest BCUT2D eigenvalue weighted by Crippen LogP contribution is -2.30. The van der Waals surface area contributed by atoms with Gasteiger partial charge >= 0.3 is 12.2 Å². The molecule has 9 heteroatoms. The Hall–Kier alpha value is -2.71. The Balaban J connectivity index is 2.11. The van der Waals surface area contributed by atoms with Gasteiger partial charge in [-0.2, -0.15) is 13.2 Å². The minimum Gasteiger partial charge on any atom is -0.336 e. The van der Waals surface area contributed by atoms with Gasteiger partial charge in [0, 0.05) is 24.8 Å². The average Bonchev–Trinajstić information content (AvgIpc) is 2.92. The van der Waals surface area contributed by atoms with Gasteiger partial charge in [0.1, 0.15) is 5.82 Å².